The molecular formula is C18H26IN3O2. The van der Waals surface area contributed by atoms with Gasteiger partial charge in [-0.2, -0.15) is 0 Å². The molecular weight excluding hydrogens is 417 g/mol. The minimum Gasteiger partial charge on any atom is -0.459 e. The summed E-state index contributed by atoms with van der Waals surface area (Å²) in [5.41, 5.74) is 0.896. The summed E-state index contributed by atoms with van der Waals surface area (Å²) in [6.07, 6.45) is 2.90. The lowest BCUT2D eigenvalue weighted by Crippen LogP contribution is -2.41. The van der Waals surface area contributed by atoms with Gasteiger partial charge in [0.2, 0.25) is 0 Å². The first-order valence-electron chi connectivity index (χ1n) is 8.31. The van der Waals surface area contributed by atoms with Crippen molar-refractivity contribution in [3.8, 4) is 0 Å². The highest BCUT2D eigenvalue weighted by Gasteiger charge is 2.25. The number of hydrogen-bond acceptors (Lipinski definition) is 3. The third-order valence-corrected chi connectivity index (χ3v) is 4.60. The Hall–Kier alpha value is -1.28. The van der Waals surface area contributed by atoms with E-state index >= 15 is 0 Å². The Labute approximate surface area is 159 Å². The average Bonchev–Trinajstić information content (AvgIpc) is 3.17. The molecule has 1 aliphatic rings. The third-order valence-electron chi connectivity index (χ3n) is 4.60. The Morgan fingerprint density at radius 2 is 2.17 bits per heavy atom. The van der Waals surface area contributed by atoms with Crippen LogP contribution in [0, 0.1) is 5.92 Å². The van der Waals surface area contributed by atoms with Gasteiger partial charge in [-0.15, -0.1) is 24.0 Å². The molecule has 1 aromatic carbocycles. The summed E-state index contributed by atoms with van der Waals surface area (Å²) in [5.74, 6) is 1.93. The van der Waals surface area contributed by atoms with Gasteiger partial charge >= 0.3 is 0 Å². The standard InChI is InChI=1S/C18H25N3O2.HI/c1-12(17-10-13-6-3-4-9-16(13)23-17)21-18(19-2)20-11-14-7-5-8-15(14)22;/h3-4,6,9-10,12,14-15,22H,5,7-8,11H2,1-2H3,(H2,19,20,21);1H. The molecule has 5 nitrogen and oxygen atoms in total. The van der Waals surface area contributed by atoms with Crippen molar-refractivity contribution in [1.29, 1.82) is 0 Å². The number of hydrogen-bond donors (Lipinski definition) is 3. The quantitative estimate of drug-likeness (QED) is 0.385. The van der Waals surface area contributed by atoms with Crippen LogP contribution in [0.15, 0.2) is 39.7 Å². The van der Waals surface area contributed by atoms with Crippen LogP contribution < -0.4 is 10.6 Å². The second kappa shape index (κ2) is 8.71. The Balaban J connectivity index is 0.00000208. The van der Waals surface area contributed by atoms with Gasteiger partial charge in [0.25, 0.3) is 0 Å². The maximum absolute atomic E-state index is 9.90. The van der Waals surface area contributed by atoms with E-state index in [1.165, 1.54) is 0 Å². The largest absolute Gasteiger partial charge is 0.459 e. The zero-order chi connectivity index (χ0) is 16.2. The van der Waals surface area contributed by atoms with Crippen molar-refractivity contribution in [2.24, 2.45) is 10.9 Å². The van der Waals surface area contributed by atoms with Gasteiger partial charge in [0.05, 0.1) is 12.1 Å². The van der Waals surface area contributed by atoms with E-state index in [-0.39, 0.29) is 36.1 Å². The lowest BCUT2D eigenvalue weighted by Gasteiger charge is -2.20. The van der Waals surface area contributed by atoms with Crippen LogP contribution in [0.1, 0.15) is 38.0 Å². The molecule has 1 saturated carbocycles. The Kier molecular flexibility index (Phi) is 6.91. The van der Waals surface area contributed by atoms with E-state index in [9.17, 15) is 5.11 Å². The monoisotopic (exact) mass is 443 g/mol. The molecule has 1 fully saturated rings. The van der Waals surface area contributed by atoms with Gasteiger partial charge in [0.15, 0.2) is 5.96 Å². The summed E-state index contributed by atoms with van der Waals surface area (Å²) in [5, 5.41) is 17.7. The Bertz CT molecular complexity index is 653. The van der Waals surface area contributed by atoms with Crippen LogP contribution >= 0.6 is 24.0 Å². The molecule has 0 spiro atoms. The van der Waals surface area contributed by atoms with Crippen LogP contribution in [0.25, 0.3) is 11.0 Å². The molecule has 1 heterocycles. The molecule has 2 aromatic rings. The van der Waals surface area contributed by atoms with Gasteiger partial charge in [0.1, 0.15) is 11.3 Å². The fourth-order valence-corrected chi connectivity index (χ4v) is 3.17. The average molecular weight is 443 g/mol. The first kappa shape index (κ1) is 19.1. The topological polar surface area (TPSA) is 69.8 Å². The van der Waals surface area contributed by atoms with Gasteiger partial charge in [-0.1, -0.05) is 24.6 Å². The molecule has 1 aliphatic carbocycles. The normalized spacial score (nSPS) is 22.2. The van der Waals surface area contributed by atoms with Crippen molar-refractivity contribution < 1.29 is 9.52 Å². The molecule has 0 aliphatic heterocycles. The first-order valence-corrected chi connectivity index (χ1v) is 8.31. The predicted molar refractivity (Wildman–Crippen MR) is 108 cm³/mol. The number of benzene rings is 1. The number of aliphatic imine (C=N–C) groups is 1. The Morgan fingerprint density at radius 3 is 2.83 bits per heavy atom. The smallest absolute Gasteiger partial charge is 0.191 e. The van der Waals surface area contributed by atoms with Crippen LogP contribution in [0.3, 0.4) is 0 Å². The molecule has 0 saturated heterocycles. The highest BCUT2D eigenvalue weighted by atomic mass is 127. The van der Waals surface area contributed by atoms with Crippen LogP contribution in [0.4, 0.5) is 0 Å². The Morgan fingerprint density at radius 1 is 1.38 bits per heavy atom. The maximum Gasteiger partial charge on any atom is 0.191 e. The van der Waals surface area contributed by atoms with Crippen LogP contribution in [-0.2, 0) is 0 Å². The number of furan rings is 1. The molecule has 0 bridgehead atoms. The predicted octanol–water partition coefficient (Wildman–Crippen LogP) is 3.44. The van der Waals surface area contributed by atoms with Crippen molar-refractivity contribution in [1.82, 2.24) is 10.6 Å². The molecule has 0 radical (unpaired) electrons. The van der Waals surface area contributed by atoms with E-state index < -0.39 is 0 Å². The number of para-hydroxylation sites is 1. The van der Waals surface area contributed by atoms with Crippen LogP contribution in [-0.4, -0.2) is 30.8 Å². The number of rotatable bonds is 4. The van der Waals surface area contributed by atoms with Gasteiger partial charge in [0, 0.05) is 24.9 Å². The molecule has 24 heavy (non-hydrogen) atoms. The van der Waals surface area contributed by atoms with E-state index in [0.717, 1.165) is 48.5 Å². The summed E-state index contributed by atoms with van der Waals surface area (Å²) in [6.45, 7) is 2.79. The van der Waals surface area contributed by atoms with Crippen molar-refractivity contribution in [3.05, 3.63) is 36.1 Å². The minimum absolute atomic E-state index is 0. The van der Waals surface area contributed by atoms with Gasteiger partial charge in [-0.3, -0.25) is 4.99 Å². The molecule has 132 valence electrons. The number of aliphatic hydroxyl groups excluding tert-OH is 1. The zero-order valence-corrected chi connectivity index (χ0v) is 16.5. The summed E-state index contributed by atoms with van der Waals surface area (Å²) in [4.78, 5) is 4.26. The molecule has 1 aromatic heterocycles. The second-order valence-corrected chi connectivity index (χ2v) is 6.26. The van der Waals surface area contributed by atoms with E-state index in [0.29, 0.717) is 5.92 Å². The molecule has 6 heteroatoms. The van der Waals surface area contributed by atoms with E-state index in [1.54, 1.807) is 7.05 Å². The summed E-state index contributed by atoms with van der Waals surface area (Å²) in [6, 6.07) is 10.1. The van der Waals surface area contributed by atoms with E-state index in [1.807, 2.05) is 24.3 Å². The number of nitrogens with zero attached hydrogens (tertiary/aromatic N) is 1. The molecule has 0 amide bonds. The fraction of sp³-hybridized carbons (Fsp3) is 0.500. The molecule has 3 N–H and O–H groups in total. The number of fused-ring (bicyclic) bond motifs is 1. The van der Waals surface area contributed by atoms with Crippen molar-refractivity contribution in [3.63, 3.8) is 0 Å². The van der Waals surface area contributed by atoms with Gasteiger partial charge < -0.3 is 20.2 Å². The van der Waals surface area contributed by atoms with E-state index in [2.05, 4.69) is 28.6 Å². The SMILES string of the molecule is CN=C(NCC1CCCC1O)NC(C)c1cc2ccccc2o1.I. The van der Waals surface area contributed by atoms with Crippen molar-refractivity contribution in [2.45, 2.75) is 38.3 Å². The molecule has 3 rings (SSSR count). The second-order valence-electron chi connectivity index (χ2n) is 6.26. The first-order chi connectivity index (χ1) is 11.2. The van der Waals surface area contributed by atoms with Gasteiger partial charge in [-0.05, 0) is 31.9 Å². The number of halogens is 1. The van der Waals surface area contributed by atoms with Crippen molar-refractivity contribution >= 4 is 40.9 Å². The summed E-state index contributed by atoms with van der Waals surface area (Å²) < 4.78 is 5.88. The van der Waals surface area contributed by atoms with E-state index in [4.69, 9.17) is 4.42 Å². The summed E-state index contributed by atoms with van der Waals surface area (Å²) >= 11 is 0. The number of guanidine groups is 1. The maximum atomic E-state index is 9.90. The summed E-state index contributed by atoms with van der Waals surface area (Å²) in [7, 11) is 1.76. The minimum atomic E-state index is -0.187. The van der Waals surface area contributed by atoms with Crippen LogP contribution in [0.5, 0.6) is 0 Å². The molecule has 3 unspecified atom stereocenters. The lowest BCUT2D eigenvalue weighted by molar-refractivity contribution is 0.134. The highest BCUT2D eigenvalue weighted by molar-refractivity contribution is 14.0. The molecule has 3 atom stereocenters. The van der Waals surface area contributed by atoms with Crippen LogP contribution in [0.2, 0.25) is 0 Å². The van der Waals surface area contributed by atoms with Gasteiger partial charge in [-0.25, -0.2) is 0 Å². The number of aliphatic hydroxyl groups is 1. The highest BCUT2D eigenvalue weighted by Crippen LogP contribution is 2.25. The number of nitrogens with one attached hydrogen (secondary N) is 2. The third kappa shape index (κ3) is 4.42. The lowest BCUT2D eigenvalue weighted by atomic mass is 10.1. The van der Waals surface area contributed by atoms with Crippen molar-refractivity contribution in [2.75, 3.05) is 13.6 Å². The fourth-order valence-electron chi connectivity index (χ4n) is 3.17. The zero-order valence-electron chi connectivity index (χ0n) is 14.2.